The lowest BCUT2D eigenvalue weighted by atomic mass is 10.1. The third-order valence-corrected chi connectivity index (χ3v) is 1.88. The first-order valence-corrected chi connectivity index (χ1v) is 4.04. The number of rotatable bonds is 3. The van der Waals surface area contributed by atoms with Crippen LogP contribution in [0.3, 0.4) is 0 Å². The summed E-state index contributed by atoms with van der Waals surface area (Å²) < 4.78 is 0. The van der Waals surface area contributed by atoms with Gasteiger partial charge < -0.3 is 5.23 Å². The Morgan fingerprint density at radius 3 is 2.55 bits per heavy atom. The molecule has 2 heteroatoms. The Bertz CT molecular complexity index is 198. The van der Waals surface area contributed by atoms with Gasteiger partial charge in [0.1, 0.15) is 0 Å². The minimum atomic E-state index is 0.567. The second-order valence-electron chi connectivity index (χ2n) is 2.88. The summed E-state index contributed by atoms with van der Waals surface area (Å²) in [4.78, 5) is 0. The summed E-state index contributed by atoms with van der Waals surface area (Å²) in [5.74, 6) is 0. The summed E-state index contributed by atoms with van der Waals surface area (Å²) in [6.45, 7) is 2.19. The smallest absolute Gasteiger partial charge is 0.182 e. The van der Waals surface area contributed by atoms with E-state index in [-0.39, 0.29) is 0 Å². The molecular formula is C9H14BN. The summed E-state index contributed by atoms with van der Waals surface area (Å²) in [6, 6.07) is 11.1. The molecule has 0 heterocycles. The molecule has 0 aliphatic rings. The second-order valence-corrected chi connectivity index (χ2v) is 2.88. The topological polar surface area (TPSA) is 12.0 Å². The molecule has 0 aromatic heterocycles. The van der Waals surface area contributed by atoms with Crippen LogP contribution in [0.4, 0.5) is 0 Å². The summed E-state index contributed by atoms with van der Waals surface area (Å²) in [5.41, 5.74) is 1.40. The summed E-state index contributed by atoms with van der Waals surface area (Å²) in [6.07, 6.45) is 1.11. The van der Waals surface area contributed by atoms with Gasteiger partial charge in [-0.2, -0.15) is 0 Å². The molecule has 0 amide bonds. The van der Waals surface area contributed by atoms with Crippen molar-refractivity contribution < 1.29 is 0 Å². The molecule has 0 radical (unpaired) electrons. The molecule has 0 spiro atoms. The third-order valence-electron chi connectivity index (χ3n) is 1.88. The maximum Gasteiger partial charge on any atom is 0.182 e. The van der Waals surface area contributed by atoms with Crippen LogP contribution in [0.2, 0.25) is 0 Å². The van der Waals surface area contributed by atoms with Crippen molar-refractivity contribution in [3.63, 3.8) is 0 Å². The molecule has 58 valence electrons. The van der Waals surface area contributed by atoms with E-state index in [0.717, 1.165) is 6.42 Å². The van der Waals surface area contributed by atoms with E-state index in [9.17, 15) is 0 Å². The van der Waals surface area contributed by atoms with Gasteiger partial charge in [0.05, 0.1) is 0 Å². The van der Waals surface area contributed by atoms with E-state index < -0.39 is 0 Å². The maximum absolute atomic E-state index is 3.21. The average molecular weight is 147 g/mol. The Labute approximate surface area is 69.3 Å². The van der Waals surface area contributed by atoms with Gasteiger partial charge in [0.2, 0.25) is 0 Å². The van der Waals surface area contributed by atoms with Crippen molar-refractivity contribution in [3.05, 3.63) is 35.9 Å². The van der Waals surface area contributed by atoms with Crippen molar-refractivity contribution in [1.82, 2.24) is 5.23 Å². The highest BCUT2D eigenvalue weighted by molar-refractivity contribution is 6.04. The zero-order valence-corrected chi connectivity index (χ0v) is 7.17. The minimum Gasteiger partial charge on any atom is -0.359 e. The Morgan fingerprint density at radius 1 is 1.36 bits per heavy atom. The van der Waals surface area contributed by atoms with Gasteiger partial charge in [-0.05, 0) is 18.0 Å². The molecule has 1 atom stereocenters. The fraction of sp³-hybridized carbons (Fsp3) is 0.333. The van der Waals surface area contributed by atoms with Crippen molar-refractivity contribution >= 4 is 7.98 Å². The molecule has 11 heavy (non-hydrogen) atoms. The number of benzene rings is 1. The monoisotopic (exact) mass is 147 g/mol. The normalized spacial score (nSPS) is 12.8. The van der Waals surface area contributed by atoms with Gasteiger partial charge in [0.25, 0.3) is 0 Å². The molecule has 0 bridgehead atoms. The van der Waals surface area contributed by atoms with E-state index in [1.54, 1.807) is 0 Å². The van der Waals surface area contributed by atoms with Crippen LogP contribution in [0.1, 0.15) is 12.5 Å². The summed E-state index contributed by atoms with van der Waals surface area (Å²) >= 11 is 0. The van der Waals surface area contributed by atoms with E-state index in [4.69, 9.17) is 0 Å². The highest BCUT2D eigenvalue weighted by atomic mass is 14.8. The fourth-order valence-corrected chi connectivity index (χ4v) is 1.07. The highest BCUT2D eigenvalue weighted by Gasteiger charge is 1.97. The van der Waals surface area contributed by atoms with E-state index in [2.05, 4.69) is 36.4 Å². The van der Waals surface area contributed by atoms with E-state index >= 15 is 0 Å². The molecule has 1 nitrogen and oxygen atoms in total. The molecule has 0 fully saturated rings. The molecule has 0 aliphatic carbocycles. The quantitative estimate of drug-likeness (QED) is 0.622. The van der Waals surface area contributed by atoms with Gasteiger partial charge in [0.15, 0.2) is 7.98 Å². The first-order valence-electron chi connectivity index (χ1n) is 4.04. The number of hydrogen-bond acceptors (Lipinski definition) is 1. The molecule has 1 N–H and O–H groups in total. The number of nitrogens with one attached hydrogen (secondary N) is 1. The van der Waals surface area contributed by atoms with Crippen LogP contribution in [0.15, 0.2) is 30.3 Å². The Morgan fingerprint density at radius 2 is 2.00 bits per heavy atom. The zero-order chi connectivity index (χ0) is 8.10. The number of hydrogen-bond donors (Lipinski definition) is 1. The van der Waals surface area contributed by atoms with Crippen LogP contribution in [0.25, 0.3) is 0 Å². The highest BCUT2D eigenvalue weighted by Crippen LogP contribution is 2.01. The SMILES string of the molecule is BNC(C)Cc1ccccc1. The Hall–Kier alpha value is -0.755. The van der Waals surface area contributed by atoms with Crippen LogP contribution in [0, 0.1) is 0 Å². The standard InChI is InChI=1S/C9H14BN/c1-8(11-10)7-9-5-3-2-4-6-9/h2-6,8,11H,7,10H2,1H3. The molecule has 1 aromatic rings. The van der Waals surface area contributed by atoms with Crippen molar-refractivity contribution in [1.29, 1.82) is 0 Å². The fourth-order valence-electron chi connectivity index (χ4n) is 1.07. The average Bonchev–Trinajstić information content (AvgIpc) is 2.06. The molecule has 1 unspecified atom stereocenters. The largest absolute Gasteiger partial charge is 0.359 e. The van der Waals surface area contributed by atoms with Crippen LogP contribution in [0.5, 0.6) is 0 Å². The predicted molar refractivity (Wildman–Crippen MR) is 51.3 cm³/mol. The Balaban J connectivity index is 2.51. The van der Waals surface area contributed by atoms with Crippen molar-refractivity contribution in [2.45, 2.75) is 19.4 Å². The first kappa shape index (κ1) is 8.34. The van der Waals surface area contributed by atoms with Gasteiger partial charge in [0, 0.05) is 0 Å². The molecule has 0 saturated carbocycles. The first-order chi connectivity index (χ1) is 5.33. The van der Waals surface area contributed by atoms with E-state index in [1.807, 2.05) is 14.0 Å². The van der Waals surface area contributed by atoms with Gasteiger partial charge >= 0.3 is 0 Å². The molecule has 0 aliphatic heterocycles. The van der Waals surface area contributed by atoms with Crippen LogP contribution in [-0.4, -0.2) is 14.0 Å². The van der Waals surface area contributed by atoms with Gasteiger partial charge in [-0.25, -0.2) is 0 Å². The van der Waals surface area contributed by atoms with Crippen molar-refractivity contribution in [2.75, 3.05) is 0 Å². The Kier molecular flexibility index (Phi) is 3.18. The van der Waals surface area contributed by atoms with Gasteiger partial charge in [-0.1, -0.05) is 37.3 Å². The molecule has 1 aromatic carbocycles. The maximum atomic E-state index is 3.21. The van der Waals surface area contributed by atoms with Crippen molar-refractivity contribution in [2.24, 2.45) is 0 Å². The van der Waals surface area contributed by atoms with Crippen LogP contribution < -0.4 is 5.23 Å². The van der Waals surface area contributed by atoms with Gasteiger partial charge in [-0.15, -0.1) is 0 Å². The summed E-state index contributed by atoms with van der Waals surface area (Å²) in [5, 5.41) is 3.21. The lowest BCUT2D eigenvalue weighted by molar-refractivity contribution is 0.681. The lowest BCUT2D eigenvalue weighted by Gasteiger charge is -2.09. The zero-order valence-electron chi connectivity index (χ0n) is 7.17. The predicted octanol–water partition coefficient (Wildman–Crippen LogP) is 0.755. The summed E-state index contributed by atoms with van der Waals surface area (Å²) in [7, 11) is 1.99. The molecule has 1 rings (SSSR count). The minimum absolute atomic E-state index is 0.567. The van der Waals surface area contributed by atoms with E-state index in [0.29, 0.717) is 6.04 Å². The lowest BCUT2D eigenvalue weighted by Crippen LogP contribution is -2.24. The second kappa shape index (κ2) is 4.19. The van der Waals surface area contributed by atoms with Crippen LogP contribution >= 0.6 is 0 Å². The molecule has 0 saturated heterocycles. The van der Waals surface area contributed by atoms with Gasteiger partial charge in [-0.3, -0.25) is 0 Å². The molecular weight excluding hydrogens is 133 g/mol. The van der Waals surface area contributed by atoms with Crippen LogP contribution in [-0.2, 0) is 6.42 Å². The third kappa shape index (κ3) is 2.77. The van der Waals surface area contributed by atoms with E-state index in [1.165, 1.54) is 5.56 Å². The van der Waals surface area contributed by atoms with Crippen molar-refractivity contribution in [3.8, 4) is 0 Å².